The molecule has 2 N–H and O–H groups in total. The van der Waals surface area contributed by atoms with Gasteiger partial charge in [0.2, 0.25) is 5.91 Å². The number of anilines is 1. The molecule has 20 heavy (non-hydrogen) atoms. The van der Waals surface area contributed by atoms with E-state index >= 15 is 0 Å². The Bertz CT molecular complexity index is 580. The number of carbonyl (C=O) groups excluding carboxylic acids is 1. The Morgan fingerprint density at radius 3 is 2.70 bits per heavy atom. The van der Waals surface area contributed by atoms with E-state index in [0.29, 0.717) is 6.42 Å². The maximum Gasteiger partial charge on any atom is 0.230 e. The van der Waals surface area contributed by atoms with Gasteiger partial charge in [-0.2, -0.15) is 5.10 Å². The lowest BCUT2D eigenvalue weighted by atomic mass is 10.1. The molecule has 1 amide bonds. The molecule has 1 heterocycles. The molecule has 1 aliphatic carbocycles. The Morgan fingerprint density at radius 1 is 1.30 bits per heavy atom. The Morgan fingerprint density at radius 2 is 2.10 bits per heavy atom. The van der Waals surface area contributed by atoms with Crippen LogP contribution < -0.4 is 5.32 Å². The summed E-state index contributed by atoms with van der Waals surface area (Å²) in [5.74, 6) is -0.395. The fraction of sp³-hybridized carbons (Fsp3) is 0.357. The van der Waals surface area contributed by atoms with Crippen LogP contribution in [0.4, 0.5) is 5.69 Å². The highest BCUT2D eigenvalue weighted by Gasteiger charge is 2.31. The number of benzene rings is 1. The highest BCUT2D eigenvalue weighted by atomic mass is 16.3. The largest absolute Gasteiger partial charge is 0.392 e. The zero-order valence-corrected chi connectivity index (χ0v) is 10.9. The molecule has 3 rings (SSSR count). The number of nitrogens with zero attached hydrogens (tertiary/aromatic N) is 3. The van der Waals surface area contributed by atoms with E-state index in [9.17, 15) is 9.90 Å². The van der Waals surface area contributed by atoms with Gasteiger partial charge in [0, 0.05) is 5.69 Å². The smallest absolute Gasteiger partial charge is 0.230 e. The van der Waals surface area contributed by atoms with Crippen LogP contribution in [0.1, 0.15) is 19.3 Å². The zero-order chi connectivity index (χ0) is 13.9. The van der Waals surface area contributed by atoms with Crippen molar-refractivity contribution in [3.8, 4) is 5.69 Å². The van der Waals surface area contributed by atoms with Gasteiger partial charge in [0.1, 0.15) is 12.7 Å². The number of aromatic nitrogens is 3. The second kappa shape index (κ2) is 5.42. The predicted octanol–water partition coefficient (Wildman–Crippen LogP) is 1.37. The van der Waals surface area contributed by atoms with E-state index in [1.54, 1.807) is 11.0 Å². The molecule has 104 valence electrons. The monoisotopic (exact) mass is 272 g/mol. The highest BCUT2D eigenvalue weighted by Crippen LogP contribution is 2.26. The van der Waals surface area contributed by atoms with E-state index in [2.05, 4.69) is 15.4 Å². The molecule has 1 saturated carbocycles. The van der Waals surface area contributed by atoms with Gasteiger partial charge >= 0.3 is 0 Å². The van der Waals surface area contributed by atoms with Crippen LogP contribution in [0, 0.1) is 5.92 Å². The second-order valence-electron chi connectivity index (χ2n) is 4.98. The summed E-state index contributed by atoms with van der Waals surface area (Å²) in [7, 11) is 0. The zero-order valence-electron chi connectivity index (χ0n) is 10.9. The molecule has 6 heteroatoms. The molecule has 1 aliphatic rings. The summed E-state index contributed by atoms with van der Waals surface area (Å²) in [5.41, 5.74) is 1.60. The molecule has 0 spiro atoms. The number of aliphatic hydroxyl groups excluding tert-OH is 1. The van der Waals surface area contributed by atoms with Gasteiger partial charge < -0.3 is 10.4 Å². The van der Waals surface area contributed by atoms with Gasteiger partial charge in [0.05, 0.1) is 17.7 Å². The van der Waals surface area contributed by atoms with Crippen molar-refractivity contribution in [2.24, 2.45) is 5.92 Å². The molecule has 6 nitrogen and oxygen atoms in total. The maximum atomic E-state index is 12.0. The predicted molar refractivity (Wildman–Crippen MR) is 73.3 cm³/mol. The molecule has 2 unspecified atom stereocenters. The summed E-state index contributed by atoms with van der Waals surface area (Å²) >= 11 is 0. The van der Waals surface area contributed by atoms with Crippen molar-refractivity contribution >= 4 is 11.6 Å². The van der Waals surface area contributed by atoms with Crippen LogP contribution in [0.2, 0.25) is 0 Å². The molecular formula is C14H16N4O2. The third-order valence-electron chi connectivity index (χ3n) is 3.63. The van der Waals surface area contributed by atoms with Gasteiger partial charge in [-0.05, 0) is 43.5 Å². The maximum absolute atomic E-state index is 12.0. The van der Waals surface area contributed by atoms with Gasteiger partial charge in [0.15, 0.2) is 0 Å². The van der Waals surface area contributed by atoms with Crippen LogP contribution in [0.3, 0.4) is 0 Å². The molecule has 2 aromatic rings. The first-order chi connectivity index (χ1) is 9.74. The average molecular weight is 272 g/mol. The summed E-state index contributed by atoms with van der Waals surface area (Å²) in [4.78, 5) is 15.9. The minimum atomic E-state index is -0.510. The lowest BCUT2D eigenvalue weighted by Crippen LogP contribution is -2.28. The number of amides is 1. The Kier molecular flexibility index (Phi) is 3.47. The van der Waals surface area contributed by atoms with Gasteiger partial charge in [-0.15, -0.1) is 0 Å². The van der Waals surface area contributed by atoms with E-state index in [4.69, 9.17) is 0 Å². The third-order valence-corrected chi connectivity index (χ3v) is 3.63. The molecule has 1 fully saturated rings. The molecule has 2 atom stereocenters. The van der Waals surface area contributed by atoms with E-state index < -0.39 is 6.10 Å². The summed E-state index contributed by atoms with van der Waals surface area (Å²) < 4.78 is 1.65. The Labute approximate surface area is 116 Å². The Hall–Kier alpha value is -2.21. The third kappa shape index (κ3) is 2.55. The van der Waals surface area contributed by atoms with Crippen molar-refractivity contribution in [2.45, 2.75) is 25.4 Å². The van der Waals surface area contributed by atoms with Crippen molar-refractivity contribution in [1.29, 1.82) is 0 Å². The number of rotatable bonds is 3. The van der Waals surface area contributed by atoms with Crippen molar-refractivity contribution in [2.75, 3.05) is 5.32 Å². The first-order valence-electron chi connectivity index (χ1n) is 6.68. The number of hydrogen-bond donors (Lipinski definition) is 2. The van der Waals surface area contributed by atoms with Crippen LogP contribution in [0.5, 0.6) is 0 Å². The molecule has 0 saturated heterocycles. The highest BCUT2D eigenvalue weighted by molar-refractivity contribution is 5.93. The number of hydrogen-bond acceptors (Lipinski definition) is 4. The van der Waals surface area contributed by atoms with Crippen LogP contribution in [-0.2, 0) is 4.79 Å². The second-order valence-corrected chi connectivity index (χ2v) is 4.98. The summed E-state index contributed by atoms with van der Waals surface area (Å²) in [6.07, 6.45) is 4.95. The molecule has 1 aromatic heterocycles. The number of carbonyl (C=O) groups is 1. The van der Waals surface area contributed by atoms with Crippen LogP contribution >= 0.6 is 0 Å². The SMILES string of the molecule is O=C(Nc1ccc(-n2cncn2)cc1)C1CCCC1O. The first kappa shape index (κ1) is 12.8. The first-order valence-corrected chi connectivity index (χ1v) is 6.68. The van der Waals surface area contributed by atoms with E-state index in [-0.39, 0.29) is 11.8 Å². The van der Waals surface area contributed by atoms with Gasteiger partial charge in [0.25, 0.3) is 0 Å². The van der Waals surface area contributed by atoms with Crippen molar-refractivity contribution < 1.29 is 9.90 Å². The molecule has 0 aliphatic heterocycles. The number of aliphatic hydroxyl groups is 1. The summed E-state index contributed by atoms with van der Waals surface area (Å²) in [6, 6.07) is 7.34. The molecule has 0 radical (unpaired) electrons. The average Bonchev–Trinajstić information content (AvgIpc) is 3.10. The summed E-state index contributed by atoms with van der Waals surface area (Å²) in [6.45, 7) is 0. The Balaban J connectivity index is 1.68. The van der Waals surface area contributed by atoms with Crippen LogP contribution in [-0.4, -0.2) is 31.9 Å². The quantitative estimate of drug-likeness (QED) is 0.884. The summed E-state index contributed by atoms with van der Waals surface area (Å²) in [5, 5.41) is 16.6. The lowest BCUT2D eigenvalue weighted by molar-refractivity contribution is -0.122. The minimum Gasteiger partial charge on any atom is -0.392 e. The van der Waals surface area contributed by atoms with E-state index in [1.807, 2.05) is 24.3 Å². The minimum absolute atomic E-state index is 0.108. The molecule has 0 bridgehead atoms. The standard InChI is InChI=1S/C14H16N4O2/c19-13-3-1-2-12(13)14(20)17-10-4-6-11(7-5-10)18-9-15-8-16-18/h4-9,12-13,19H,1-3H2,(H,17,20). The van der Waals surface area contributed by atoms with E-state index in [0.717, 1.165) is 24.2 Å². The van der Waals surface area contributed by atoms with Crippen molar-refractivity contribution in [1.82, 2.24) is 14.8 Å². The normalized spacial score (nSPS) is 21.9. The van der Waals surface area contributed by atoms with Crippen molar-refractivity contribution in [3.05, 3.63) is 36.9 Å². The number of nitrogens with one attached hydrogen (secondary N) is 1. The topological polar surface area (TPSA) is 80.0 Å². The molecule has 1 aromatic carbocycles. The van der Waals surface area contributed by atoms with E-state index in [1.165, 1.54) is 6.33 Å². The van der Waals surface area contributed by atoms with Crippen LogP contribution in [0.15, 0.2) is 36.9 Å². The van der Waals surface area contributed by atoms with Crippen molar-refractivity contribution in [3.63, 3.8) is 0 Å². The van der Waals surface area contributed by atoms with Gasteiger partial charge in [-0.25, -0.2) is 9.67 Å². The van der Waals surface area contributed by atoms with Gasteiger partial charge in [-0.3, -0.25) is 4.79 Å². The fourth-order valence-electron chi connectivity index (χ4n) is 2.52. The molecular weight excluding hydrogens is 256 g/mol. The lowest BCUT2D eigenvalue weighted by Gasteiger charge is -2.14. The fourth-order valence-corrected chi connectivity index (χ4v) is 2.52. The van der Waals surface area contributed by atoms with Gasteiger partial charge in [-0.1, -0.05) is 0 Å². The van der Waals surface area contributed by atoms with Crippen LogP contribution in [0.25, 0.3) is 5.69 Å².